The molecule has 3 atom stereocenters. The fourth-order valence-electron chi connectivity index (χ4n) is 3.92. The Morgan fingerprint density at radius 2 is 1.67 bits per heavy atom. The second-order valence-electron chi connectivity index (χ2n) is 7.22. The van der Waals surface area contributed by atoms with Gasteiger partial charge in [0, 0.05) is 19.5 Å². The molecule has 3 rings (SSSR count). The topological polar surface area (TPSA) is 46.1 Å². The number of carbonyl (C=O) groups is 1. The van der Waals surface area contributed by atoms with E-state index in [0.29, 0.717) is 24.2 Å². The third kappa shape index (κ3) is 2.81. The summed E-state index contributed by atoms with van der Waals surface area (Å²) in [6.45, 7) is 10.7. The highest BCUT2D eigenvalue weighted by atomic mass is 16.1. The molecule has 21 heavy (non-hydrogen) atoms. The number of aromatic nitrogens is 2. The van der Waals surface area contributed by atoms with Gasteiger partial charge in [0.25, 0.3) is 0 Å². The minimum atomic E-state index is 0.216. The number of rotatable bonds is 1. The fraction of sp³-hybridized carbons (Fsp3) is 0.706. The monoisotopic (exact) mass is 287 g/mol. The minimum absolute atomic E-state index is 0.216. The van der Waals surface area contributed by atoms with Crippen LogP contribution >= 0.6 is 0 Å². The van der Waals surface area contributed by atoms with Crippen LogP contribution in [-0.2, 0) is 6.42 Å². The van der Waals surface area contributed by atoms with Crippen LogP contribution in [0, 0.1) is 24.7 Å². The van der Waals surface area contributed by atoms with Crippen molar-refractivity contribution in [3.8, 4) is 0 Å². The number of hydrogen-bond donors (Lipinski definition) is 0. The number of nitrogens with zero attached hydrogens (tertiary/aromatic N) is 3. The summed E-state index contributed by atoms with van der Waals surface area (Å²) in [6, 6.07) is 0. The van der Waals surface area contributed by atoms with E-state index in [1.165, 1.54) is 6.42 Å². The quantitative estimate of drug-likeness (QED) is 0.796. The number of hydrogen-bond acceptors (Lipinski definition) is 4. The minimum Gasteiger partial charge on any atom is -0.340 e. The molecule has 1 aromatic heterocycles. The van der Waals surface area contributed by atoms with Gasteiger partial charge in [0.2, 0.25) is 5.95 Å². The van der Waals surface area contributed by atoms with Gasteiger partial charge < -0.3 is 4.90 Å². The van der Waals surface area contributed by atoms with Crippen LogP contribution in [0.25, 0.3) is 0 Å². The predicted molar refractivity (Wildman–Crippen MR) is 83.7 cm³/mol. The summed E-state index contributed by atoms with van der Waals surface area (Å²) in [4.78, 5) is 23.9. The van der Waals surface area contributed by atoms with Crippen LogP contribution in [0.15, 0.2) is 0 Å². The zero-order valence-corrected chi connectivity index (χ0v) is 13.5. The van der Waals surface area contributed by atoms with Crippen LogP contribution in [-0.4, -0.2) is 28.8 Å². The maximum Gasteiger partial charge on any atom is 0.225 e. The van der Waals surface area contributed by atoms with Gasteiger partial charge in [-0.25, -0.2) is 9.97 Å². The number of anilines is 1. The normalized spacial score (nSPS) is 29.4. The molecule has 1 aliphatic heterocycles. The summed E-state index contributed by atoms with van der Waals surface area (Å²) in [7, 11) is 0. The number of Topliss-reactive ketones (excluding diaryl/α,β-unsaturated/α-hetero) is 1. The van der Waals surface area contributed by atoms with E-state index in [0.717, 1.165) is 42.4 Å². The third-order valence-electron chi connectivity index (χ3n) is 4.66. The molecule has 1 aliphatic carbocycles. The predicted octanol–water partition coefficient (Wildman–Crippen LogP) is 3.03. The van der Waals surface area contributed by atoms with E-state index in [4.69, 9.17) is 4.98 Å². The molecule has 2 heterocycles. The van der Waals surface area contributed by atoms with Crippen LogP contribution < -0.4 is 4.90 Å². The second-order valence-corrected chi connectivity index (χ2v) is 7.22. The Balaban J connectivity index is 1.96. The maximum atomic E-state index is 12.2. The molecule has 0 amide bonds. The van der Waals surface area contributed by atoms with Crippen molar-refractivity contribution in [2.45, 2.75) is 47.0 Å². The van der Waals surface area contributed by atoms with Crippen LogP contribution in [0.3, 0.4) is 0 Å². The van der Waals surface area contributed by atoms with Gasteiger partial charge >= 0.3 is 0 Å². The van der Waals surface area contributed by atoms with Crippen molar-refractivity contribution in [1.29, 1.82) is 0 Å². The highest BCUT2D eigenvalue weighted by Crippen LogP contribution is 2.29. The van der Waals surface area contributed by atoms with Crippen molar-refractivity contribution in [2.75, 3.05) is 18.0 Å². The molecule has 1 fully saturated rings. The van der Waals surface area contributed by atoms with Gasteiger partial charge in [-0.15, -0.1) is 0 Å². The summed E-state index contributed by atoms with van der Waals surface area (Å²) in [5.41, 5.74) is 2.61. The molecule has 0 N–H and O–H groups in total. The maximum absolute atomic E-state index is 12.2. The molecule has 0 unspecified atom stereocenters. The SMILES string of the molecule is Cc1nc(N2C[C@H](C)C[C@H](C)C2)nc2c1C(=O)C[C@H](C)C2. The molecule has 4 heteroatoms. The molecular weight excluding hydrogens is 262 g/mol. The lowest BCUT2D eigenvalue weighted by atomic mass is 9.86. The molecule has 4 nitrogen and oxygen atoms in total. The van der Waals surface area contributed by atoms with E-state index in [1.807, 2.05) is 6.92 Å². The smallest absolute Gasteiger partial charge is 0.225 e. The van der Waals surface area contributed by atoms with Crippen LogP contribution in [0.2, 0.25) is 0 Å². The number of aryl methyl sites for hydroxylation is 1. The average Bonchev–Trinajstić information content (AvgIpc) is 2.35. The summed E-state index contributed by atoms with van der Waals surface area (Å²) < 4.78 is 0. The lowest BCUT2D eigenvalue weighted by Crippen LogP contribution is -2.40. The van der Waals surface area contributed by atoms with Gasteiger partial charge in [0.05, 0.1) is 17.0 Å². The summed E-state index contributed by atoms with van der Waals surface area (Å²) in [6.07, 6.45) is 2.81. The van der Waals surface area contributed by atoms with E-state index >= 15 is 0 Å². The van der Waals surface area contributed by atoms with Crippen molar-refractivity contribution in [3.05, 3.63) is 17.0 Å². The zero-order valence-electron chi connectivity index (χ0n) is 13.5. The van der Waals surface area contributed by atoms with E-state index < -0.39 is 0 Å². The highest BCUT2D eigenvalue weighted by Gasteiger charge is 2.29. The Kier molecular flexibility index (Phi) is 3.72. The van der Waals surface area contributed by atoms with Gasteiger partial charge in [0.1, 0.15) is 0 Å². The van der Waals surface area contributed by atoms with E-state index in [9.17, 15) is 4.79 Å². The van der Waals surface area contributed by atoms with Crippen molar-refractivity contribution in [2.24, 2.45) is 17.8 Å². The summed E-state index contributed by atoms with van der Waals surface area (Å²) in [5, 5.41) is 0. The van der Waals surface area contributed by atoms with Gasteiger partial charge in [-0.1, -0.05) is 20.8 Å². The zero-order chi connectivity index (χ0) is 15.1. The van der Waals surface area contributed by atoms with Gasteiger partial charge in [0.15, 0.2) is 5.78 Å². The first-order valence-corrected chi connectivity index (χ1v) is 8.09. The van der Waals surface area contributed by atoms with E-state index in [1.54, 1.807) is 0 Å². The Morgan fingerprint density at radius 1 is 1.00 bits per heavy atom. The Labute approximate surface area is 127 Å². The molecular formula is C17H25N3O. The first-order chi connectivity index (χ1) is 9.94. The fourth-order valence-corrected chi connectivity index (χ4v) is 3.92. The average molecular weight is 287 g/mol. The molecule has 0 saturated carbocycles. The first kappa shape index (κ1) is 14.5. The molecule has 0 spiro atoms. The molecule has 2 aliphatic rings. The van der Waals surface area contributed by atoms with Crippen LogP contribution in [0.4, 0.5) is 5.95 Å². The highest BCUT2D eigenvalue weighted by molar-refractivity contribution is 5.99. The number of piperidine rings is 1. The second kappa shape index (κ2) is 5.39. The number of fused-ring (bicyclic) bond motifs is 1. The van der Waals surface area contributed by atoms with Crippen LogP contribution in [0.1, 0.15) is 55.4 Å². The summed E-state index contributed by atoms with van der Waals surface area (Å²) in [5.74, 6) is 2.79. The Bertz CT molecular complexity index is 559. The van der Waals surface area contributed by atoms with Gasteiger partial charge in [-0.05, 0) is 37.5 Å². The van der Waals surface area contributed by atoms with Crippen molar-refractivity contribution in [1.82, 2.24) is 9.97 Å². The molecule has 0 aromatic carbocycles. The Hall–Kier alpha value is -1.45. The molecule has 1 saturated heterocycles. The first-order valence-electron chi connectivity index (χ1n) is 8.09. The largest absolute Gasteiger partial charge is 0.340 e. The lowest BCUT2D eigenvalue weighted by molar-refractivity contribution is 0.0951. The number of ketones is 1. The summed E-state index contributed by atoms with van der Waals surface area (Å²) >= 11 is 0. The molecule has 0 bridgehead atoms. The Morgan fingerprint density at radius 3 is 2.33 bits per heavy atom. The van der Waals surface area contributed by atoms with Gasteiger partial charge in [-0.3, -0.25) is 4.79 Å². The number of carbonyl (C=O) groups excluding carboxylic acids is 1. The third-order valence-corrected chi connectivity index (χ3v) is 4.66. The van der Waals surface area contributed by atoms with Gasteiger partial charge in [-0.2, -0.15) is 0 Å². The van der Waals surface area contributed by atoms with Crippen molar-refractivity contribution in [3.63, 3.8) is 0 Å². The molecule has 114 valence electrons. The molecule has 1 aromatic rings. The van der Waals surface area contributed by atoms with Crippen LogP contribution in [0.5, 0.6) is 0 Å². The van der Waals surface area contributed by atoms with Crippen molar-refractivity contribution >= 4 is 11.7 Å². The van der Waals surface area contributed by atoms with E-state index in [2.05, 4.69) is 30.7 Å². The van der Waals surface area contributed by atoms with E-state index in [-0.39, 0.29) is 5.78 Å². The van der Waals surface area contributed by atoms with Crippen molar-refractivity contribution < 1.29 is 4.79 Å². The standard InChI is InChI=1S/C17H25N3O/c1-10-6-14-16(15(21)7-10)13(4)18-17(19-14)20-8-11(2)5-12(3)9-20/h10-12H,5-9H2,1-4H3/t10-,11-,12+/m1/s1. The molecule has 0 radical (unpaired) electrons. The lowest BCUT2D eigenvalue weighted by Gasteiger charge is -2.35.